The molecular weight excluding hydrogens is 252 g/mol. The molecule has 0 N–H and O–H groups in total. The topological polar surface area (TPSA) is 43.4 Å². The molecule has 0 aliphatic heterocycles. The molecule has 0 atom stereocenters. The Hall–Kier alpha value is -1.64. The molecule has 0 radical (unpaired) electrons. The van der Waals surface area contributed by atoms with Crippen LogP contribution >= 0.6 is 0 Å². The van der Waals surface area contributed by atoms with E-state index in [4.69, 9.17) is 4.74 Å². The summed E-state index contributed by atoms with van der Waals surface area (Å²) in [4.78, 5) is 23.0. The van der Waals surface area contributed by atoms with Crippen molar-refractivity contribution >= 4 is 11.6 Å². The molecule has 0 amide bonds. The molecule has 20 heavy (non-hydrogen) atoms. The largest absolute Gasteiger partial charge is 0.496 e. The molecule has 3 heteroatoms. The predicted molar refractivity (Wildman–Crippen MR) is 80.6 cm³/mol. The van der Waals surface area contributed by atoms with E-state index in [2.05, 4.69) is 0 Å². The first-order chi connectivity index (χ1) is 9.45. The van der Waals surface area contributed by atoms with Gasteiger partial charge in [0.2, 0.25) is 0 Å². The minimum absolute atomic E-state index is 0.168. The van der Waals surface area contributed by atoms with E-state index in [0.717, 1.165) is 41.7 Å². The zero-order chi connectivity index (χ0) is 15.1. The van der Waals surface area contributed by atoms with Crippen molar-refractivity contribution in [1.82, 2.24) is 0 Å². The second-order valence-corrected chi connectivity index (χ2v) is 5.33. The van der Waals surface area contributed by atoms with Crippen LogP contribution in [0.1, 0.15) is 60.5 Å². The lowest BCUT2D eigenvalue weighted by Crippen LogP contribution is -2.02. The van der Waals surface area contributed by atoms with Gasteiger partial charge in [-0.2, -0.15) is 0 Å². The number of hydrogen-bond acceptors (Lipinski definition) is 3. The molecule has 0 fully saturated rings. The van der Waals surface area contributed by atoms with Crippen molar-refractivity contribution in [3.8, 4) is 5.75 Å². The first-order valence-electron chi connectivity index (χ1n) is 7.13. The van der Waals surface area contributed by atoms with Gasteiger partial charge in [0.05, 0.1) is 7.11 Å². The molecule has 1 rings (SSSR count). The summed E-state index contributed by atoms with van der Waals surface area (Å²) in [6.07, 6.45) is 3.82. The molecule has 0 spiro atoms. The normalized spacial score (nSPS) is 10.4. The maximum Gasteiger partial charge on any atom is 0.162 e. The average molecular weight is 276 g/mol. The van der Waals surface area contributed by atoms with Crippen LogP contribution in [0.25, 0.3) is 0 Å². The second kappa shape index (κ2) is 7.83. The third kappa shape index (κ3) is 4.80. The first-order valence-corrected chi connectivity index (χ1v) is 7.13. The van der Waals surface area contributed by atoms with Gasteiger partial charge in [-0.05, 0) is 56.9 Å². The minimum atomic E-state index is 0.168. The number of ketones is 2. The fourth-order valence-corrected chi connectivity index (χ4v) is 2.41. The van der Waals surface area contributed by atoms with Gasteiger partial charge in [-0.25, -0.2) is 0 Å². The Morgan fingerprint density at radius 2 is 1.55 bits per heavy atom. The summed E-state index contributed by atoms with van der Waals surface area (Å²) in [5.41, 5.74) is 2.74. The van der Waals surface area contributed by atoms with Gasteiger partial charge in [0.25, 0.3) is 0 Å². The lowest BCUT2D eigenvalue weighted by atomic mass is 9.99. The molecule has 0 aromatic heterocycles. The van der Waals surface area contributed by atoms with Crippen LogP contribution in [-0.2, 0) is 4.79 Å². The lowest BCUT2D eigenvalue weighted by molar-refractivity contribution is -0.117. The van der Waals surface area contributed by atoms with Crippen molar-refractivity contribution in [1.29, 1.82) is 0 Å². The number of carbonyl (C=O) groups is 2. The summed E-state index contributed by atoms with van der Waals surface area (Å²) in [6, 6.07) is 3.79. The van der Waals surface area contributed by atoms with Gasteiger partial charge >= 0.3 is 0 Å². The van der Waals surface area contributed by atoms with E-state index >= 15 is 0 Å². The Balaban J connectivity index is 2.54. The van der Waals surface area contributed by atoms with Crippen LogP contribution in [0.2, 0.25) is 0 Å². The SMILES string of the molecule is COc1c(C)cc(C(=O)CCCCCC(C)=O)cc1C. The van der Waals surface area contributed by atoms with Gasteiger partial charge in [0.15, 0.2) is 5.78 Å². The number of benzene rings is 1. The van der Waals surface area contributed by atoms with Gasteiger partial charge in [-0.15, -0.1) is 0 Å². The van der Waals surface area contributed by atoms with Gasteiger partial charge in [0, 0.05) is 18.4 Å². The zero-order valence-corrected chi connectivity index (χ0v) is 12.9. The number of carbonyl (C=O) groups excluding carboxylic acids is 2. The third-order valence-corrected chi connectivity index (χ3v) is 3.42. The van der Waals surface area contributed by atoms with Crippen LogP contribution in [0, 0.1) is 13.8 Å². The van der Waals surface area contributed by atoms with Crippen molar-refractivity contribution < 1.29 is 14.3 Å². The number of unbranched alkanes of at least 4 members (excludes halogenated alkanes) is 2. The molecule has 0 aliphatic carbocycles. The Kier molecular flexibility index (Phi) is 6.43. The number of rotatable bonds is 8. The molecular formula is C17H24O3. The number of hydrogen-bond donors (Lipinski definition) is 0. The number of ether oxygens (including phenoxy) is 1. The summed E-state index contributed by atoms with van der Waals surface area (Å²) in [5, 5.41) is 0. The summed E-state index contributed by atoms with van der Waals surface area (Å²) in [5.74, 6) is 1.24. The highest BCUT2D eigenvalue weighted by atomic mass is 16.5. The van der Waals surface area contributed by atoms with Gasteiger partial charge in [-0.1, -0.05) is 6.42 Å². The highest BCUT2D eigenvalue weighted by molar-refractivity contribution is 5.96. The molecule has 0 unspecified atom stereocenters. The smallest absolute Gasteiger partial charge is 0.162 e. The number of methoxy groups -OCH3 is 1. The maximum absolute atomic E-state index is 12.1. The van der Waals surface area contributed by atoms with E-state index in [0.29, 0.717) is 12.8 Å². The van der Waals surface area contributed by atoms with Crippen LogP contribution in [-0.4, -0.2) is 18.7 Å². The van der Waals surface area contributed by atoms with Crippen LogP contribution in [0.5, 0.6) is 5.75 Å². The molecule has 0 aliphatic rings. The second-order valence-electron chi connectivity index (χ2n) is 5.33. The summed E-state index contributed by atoms with van der Waals surface area (Å²) < 4.78 is 5.30. The van der Waals surface area contributed by atoms with Gasteiger partial charge < -0.3 is 9.53 Å². The number of Topliss-reactive ketones (excluding diaryl/α,β-unsaturated/α-hetero) is 2. The maximum atomic E-state index is 12.1. The van der Waals surface area contributed by atoms with E-state index in [1.54, 1.807) is 14.0 Å². The van der Waals surface area contributed by atoms with Crippen molar-refractivity contribution in [2.45, 2.75) is 52.9 Å². The molecule has 1 aromatic carbocycles. The minimum Gasteiger partial charge on any atom is -0.496 e. The molecule has 3 nitrogen and oxygen atoms in total. The fourth-order valence-electron chi connectivity index (χ4n) is 2.41. The van der Waals surface area contributed by atoms with E-state index in [1.165, 1.54) is 0 Å². The lowest BCUT2D eigenvalue weighted by Gasteiger charge is -2.10. The molecule has 110 valence electrons. The highest BCUT2D eigenvalue weighted by Gasteiger charge is 2.11. The van der Waals surface area contributed by atoms with Gasteiger partial charge in [0.1, 0.15) is 11.5 Å². The number of aryl methyl sites for hydroxylation is 2. The average Bonchev–Trinajstić information content (AvgIpc) is 2.37. The van der Waals surface area contributed by atoms with Crippen LogP contribution in [0.15, 0.2) is 12.1 Å². The van der Waals surface area contributed by atoms with Crippen LogP contribution < -0.4 is 4.74 Å². The van der Waals surface area contributed by atoms with E-state index in [1.807, 2.05) is 26.0 Å². The zero-order valence-electron chi connectivity index (χ0n) is 12.9. The molecule has 0 saturated heterocycles. The fraction of sp³-hybridized carbons (Fsp3) is 0.529. The van der Waals surface area contributed by atoms with Crippen LogP contribution in [0.4, 0.5) is 0 Å². The Morgan fingerprint density at radius 1 is 1.00 bits per heavy atom. The quantitative estimate of drug-likeness (QED) is 0.531. The molecule has 0 bridgehead atoms. The summed E-state index contributed by atoms with van der Waals surface area (Å²) in [6.45, 7) is 5.51. The standard InChI is InChI=1S/C17H24O3/c1-12-10-15(11-13(2)17(12)20-4)16(19)9-7-5-6-8-14(3)18/h10-11H,5-9H2,1-4H3. The molecule has 0 saturated carbocycles. The third-order valence-electron chi connectivity index (χ3n) is 3.42. The van der Waals surface area contributed by atoms with E-state index in [-0.39, 0.29) is 11.6 Å². The van der Waals surface area contributed by atoms with E-state index < -0.39 is 0 Å². The Morgan fingerprint density at radius 3 is 2.05 bits per heavy atom. The first kappa shape index (κ1) is 16.4. The monoisotopic (exact) mass is 276 g/mol. The summed E-state index contributed by atoms with van der Waals surface area (Å²) >= 11 is 0. The summed E-state index contributed by atoms with van der Waals surface area (Å²) in [7, 11) is 1.64. The van der Waals surface area contributed by atoms with Crippen molar-refractivity contribution in [2.75, 3.05) is 7.11 Å². The van der Waals surface area contributed by atoms with Crippen molar-refractivity contribution in [2.24, 2.45) is 0 Å². The van der Waals surface area contributed by atoms with Crippen molar-refractivity contribution in [3.05, 3.63) is 28.8 Å². The van der Waals surface area contributed by atoms with Crippen LogP contribution in [0.3, 0.4) is 0 Å². The Bertz CT molecular complexity index is 466. The highest BCUT2D eigenvalue weighted by Crippen LogP contribution is 2.25. The molecule has 0 heterocycles. The van der Waals surface area contributed by atoms with E-state index in [9.17, 15) is 9.59 Å². The Labute approximate surface area is 121 Å². The predicted octanol–water partition coefficient (Wildman–Crippen LogP) is 4.03. The van der Waals surface area contributed by atoms with Crippen molar-refractivity contribution in [3.63, 3.8) is 0 Å². The van der Waals surface area contributed by atoms with Gasteiger partial charge in [-0.3, -0.25) is 4.79 Å². The molecule has 1 aromatic rings.